The molecule has 0 aliphatic rings. The first-order valence-corrected chi connectivity index (χ1v) is 15.1. The molecule has 202 valence electrons. The Balaban J connectivity index is 4.48. The summed E-state index contributed by atoms with van der Waals surface area (Å²) in [5.74, 6) is -1.02. The molecular formula is C26H52O6PS+. The molecule has 0 heterocycles. The average molecular weight is 524 g/mol. The number of aliphatic carboxylic acids is 1. The predicted octanol–water partition coefficient (Wildman–Crippen LogP) is 7.71. The summed E-state index contributed by atoms with van der Waals surface area (Å²) in [7, 11) is -1.42. The van der Waals surface area contributed by atoms with Crippen LogP contribution in [0.1, 0.15) is 130 Å². The summed E-state index contributed by atoms with van der Waals surface area (Å²) >= 11 is 4.63. The third-order valence-corrected chi connectivity index (χ3v) is 7.39. The van der Waals surface area contributed by atoms with Crippen molar-refractivity contribution in [2.75, 3.05) is 6.61 Å². The fraction of sp³-hybridized carbons (Fsp3) is 0.962. The second-order valence-corrected chi connectivity index (χ2v) is 11.2. The van der Waals surface area contributed by atoms with Crippen molar-refractivity contribution in [1.29, 1.82) is 0 Å². The molecule has 5 atom stereocenters. The molecule has 5 unspecified atom stereocenters. The zero-order valence-corrected chi connectivity index (χ0v) is 23.8. The minimum atomic E-state index is -2.40. The van der Waals surface area contributed by atoms with E-state index < -0.39 is 32.7 Å². The minimum Gasteiger partial charge on any atom is -0.476 e. The maximum absolute atomic E-state index is 11.1. The molecule has 0 aromatic rings. The van der Waals surface area contributed by atoms with E-state index in [1.54, 1.807) is 0 Å². The molecule has 0 saturated carbocycles. The van der Waals surface area contributed by atoms with Gasteiger partial charge >= 0.3 is 19.8 Å². The molecule has 0 aromatic carbocycles. The Hall–Kier alpha value is -0.200. The van der Waals surface area contributed by atoms with E-state index in [0.29, 0.717) is 12.3 Å². The average Bonchev–Trinajstić information content (AvgIpc) is 2.82. The lowest BCUT2D eigenvalue weighted by Crippen LogP contribution is -2.39. The highest BCUT2D eigenvalue weighted by atomic mass is 32.1. The summed E-state index contributed by atoms with van der Waals surface area (Å²) in [4.78, 5) is 11.1. The highest BCUT2D eigenvalue weighted by Crippen LogP contribution is 2.27. The Bertz CT molecular complexity index is 510. The molecule has 0 rings (SSSR count). The number of thiol groups is 1. The van der Waals surface area contributed by atoms with Crippen LogP contribution in [-0.2, 0) is 18.8 Å². The van der Waals surface area contributed by atoms with Gasteiger partial charge in [-0.3, -0.25) is 0 Å². The second kappa shape index (κ2) is 22.0. The van der Waals surface area contributed by atoms with Gasteiger partial charge in [-0.1, -0.05) is 122 Å². The molecule has 0 bridgehead atoms. The van der Waals surface area contributed by atoms with E-state index in [0.717, 1.165) is 6.42 Å². The highest BCUT2D eigenvalue weighted by Gasteiger charge is 2.47. The van der Waals surface area contributed by atoms with Gasteiger partial charge in [0.05, 0.1) is 0 Å². The largest absolute Gasteiger partial charge is 0.476 e. The highest BCUT2D eigenvalue weighted by molar-refractivity contribution is 7.80. The van der Waals surface area contributed by atoms with Crippen LogP contribution >= 0.6 is 21.1 Å². The molecule has 8 heteroatoms. The maximum atomic E-state index is 11.1. The van der Waals surface area contributed by atoms with Crippen LogP contribution < -0.4 is 0 Å². The third-order valence-electron chi connectivity index (χ3n) is 6.36. The van der Waals surface area contributed by atoms with Crippen molar-refractivity contribution in [1.82, 2.24) is 0 Å². The van der Waals surface area contributed by atoms with Gasteiger partial charge in [-0.2, -0.15) is 0 Å². The van der Waals surface area contributed by atoms with Crippen molar-refractivity contribution in [3.05, 3.63) is 0 Å². The number of carbonyl (C=O) groups is 1. The Morgan fingerprint density at radius 3 is 1.79 bits per heavy atom. The van der Waals surface area contributed by atoms with Crippen molar-refractivity contribution in [3.8, 4) is 0 Å². The molecule has 2 N–H and O–H groups in total. The molecule has 0 amide bonds. The molecule has 0 fully saturated rings. The molecule has 0 radical (unpaired) electrons. The summed E-state index contributed by atoms with van der Waals surface area (Å²) in [5, 5.41) is 16.5. The van der Waals surface area contributed by atoms with Gasteiger partial charge in [0, 0.05) is 0 Å². The lowest BCUT2D eigenvalue weighted by atomic mass is 9.91. The molecule has 0 spiro atoms. The molecule has 0 saturated heterocycles. The van der Waals surface area contributed by atoms with Gasteiger partial charge in [-0.25, -0.2) is 4.79 Å². The van der Waals surface area contributed by atoms with Gasteiger partial charge in [0.2, 0.25) is 0 Å². The van der Waals surface area contributed by atoms with Crippen LogP contribution in [0.2, 0.25) is 0 Å². The van der Waals surface area contributed by atoms with Gasteiger partial charge in [0.25, 0.3) is 0 Å². The smallest absolute Gasteiger partial charge is 0.390 e. The first-order valence-electron chi connectivity index (χ1n) is 13.6. The molecule has 0 aliphatic heterocycles. The zero-order chi connectivity index (χ0) is 25.7. The zero-order valence-electron chi connectivity index (χ0n) is 21.9. The van der Waals surface area contributed by atoms with Crippen LogP contribution in [0.25, 0.3) is 0 Å². The van der Waals surface area contributed by atoms with Crippen LogP contribution in [0.4, 0.5) is 0 Å². The number of carboxylic acid groups (broad SMARTS) is 1. The van der Waals surface area contributed by atoms with E-state index in [2.05, 4.69) is 26.5 Å². The van der Waals surface area contributed by atoms with Gasteiger partial charge in [-0.05, 0) is 18.8 Å². The quantitative estimate of drug-likeness (QED) is 0.0491. The Labute approximate surface area is 215 Å². The lowest BCUT2D eigenvalue weighted by Gasteiger charge is -2.25. The topological polar surface area (TPSA) is 93.1 Å². The third kappa shape index (κ3) is 17.3. The number of hydrogen-bond acceptors (Lipinski definition) is 6. The molecule has 0 aromatic heterocycles. The minimum absolute atomic E-state index is 0.327. The Kier molecular flexibility index (Phi) is 21.9. The lowest BCUT2D eigenvalue weighted by molar-refractivity contribution is -0.183. The summed E-state index contributed by atoms with van der Waals surface area (Å²) in [6.45, 7) is 5.75. The van der Waals surface area contributed by atoms with E-state index in [4.69, 9.17) is 14.6 Å². The summed E-state index contributed by atoms with van der Waals surface area (Å²) in [5.41, 5.74) is -0.327. The number of unbranched alkanes of at least 4 members (excludes halogenated alkanes) is 11. The monoisotopic (exact) mass is 523 g/mol. The van der Waals surface area contributed by atoms with Crippen molar-refractivity contribution in [2.24, 2.45) is 5.92 Å². The number of aliphatic hydroxyl groups is 1. The molecule has 34 heavy (non-hydrogen) atoms. The van der Waals surface area contributed by atoms with Crippen molar-refractivity contribution >= 4 is 27.1 Å². The predicted molar refractivity (Wildman–Crippen MR) is 144 cm³/mol. The summed E-state index contributed by atoms with van der Waals surface area (Å²) in [6, 6.07) is 0. The van der Waals surface area contributed by atoms with E-state index in [9.17, 15) is 14.5 Å². The normalized spacial score (nSPS) is 16.3. The van der Waals surface area contributed by atoms with Crippen molar-refractivity contribution in [3.63, 3.8) is 0 Å². The second-order valence-electron chi connectivity index (χ2n) is 9.58. The van der Waals surface area contributed by atoms with Crippen LogP contribution in [0.3, 0.4) is 0 Å². The van der Waals surface area contributed by atoms with Gasteiger partial charge in [0.1, 0.15) is 12.0 Å². The van der Waals surface area contributed by atoms with E-state index in [1.165, 1.54) is 96.3 Å². The van der Waals surface area contributed by atoms with E-state index >= 15 is 0 Å². The van der Waals surface area contributed by atoms with E-state index in [1.807, 2.05) is 6.92 Å². The first-order chi connectivity index (χ1) is 16.3. The number of hydrogen-bond donors (Lipinski definition) is 3. The number of ether oxygens (including phenoxy) is 2. The van der Waals surface area contributed by atoms with E-state index in [-0.39, 0.29) is 5.44 Å². The summed E-state index contributed by atoms with van der Waals surface area (Å²) in [6.07, 6.45) is 19.8. The first kappa shape index (κ1) is 33.8. The van der Waals surface area contributed by atoms with Crippen LogP contribution in [0, 0.1) is 5.92 Å². The molecule has 6 nitrogen and oxygen atoms in total. The fourth-order valence-electron chi connectivity index (χ4n) is 4.10. The van der Waals surface area contributed by atoms with Crippen LogP contribution in [-0.4, -0.2) is 39.9 Å². The maximum Gasteiger partial charge on any atom is 0.390 e. The van der Waals surface area contributed by atoms with Crippen molar-refractivity contribution in [2.45, 2.75) is 147 Å². The number of carboxylic acids is 1. The standard InChI is InChI=1S/C26H51O6PS/c1-4-7-9-11-12-13-14-15-17-19-22(18-16-10-8-5-2)20-24(34)32-23(6-3)31-21-26(29,33-30)25(27)28/h22-24,29,34H,4-21H2,1-3H3,(H,27,28)/p+1. The number of rotatable bonds is 25. The molecule has 0 aliphatic carbocycles. The van der Waals surface area contributed by atoms with Crippen LogP contribution in [0.5, 0.6) is 0 Å². The van der Waals surface area contributed by atoms with Gasteiger partial charge in [-0.15, -0.1) is 12.6 Å². The fourth-order valence-corrected chi connectivity index (χ4v) is 4.76. The Morgan fingerprint density at radius 1 is 0.882 bits per heavy atom. The Morgan fingerprint density at radius 2 is 1.35 bits per heavy atom. The molecular weight excluding hydrogens is 471 g/mol. The van der Waals surface area contributed by atoms with Crippen LogP contribution in [0.15, 0.2) is 0 Å². The van der Waals surface area contributed by atoms with Crippen molar-refractivity contribution < 1.29 is 29.0 Å². The van der Waals surface area contributed by atoms with Gasteiger partial charge in [0.15, 0.2) is 6.29 Å². The SMILES string of the molecule is CCCCCCCCCCCC(CCCCCC)CC(S)OC(CC)OCC(O)([PH+]=O)C(=O)O. The summed E-state index contributed by atoms with van der Waals surface area (Å²) < 4.78 is 22.4. The van der Waals surface area contributed by atoms with Gasteiger partial charge < -0.3 is 19.7 Å².